The molecule has 0 spiro atoms. The summed E-state index contributed by atoms with van der Waals surface area (Å²) >= 11 is 1.73. The van der Waals surface area contributed by atoms with Crippen molar-refractivity contribution in [1.82, 2.24) is 9.88 Å². The van der Waals surface area contributed by atoms with Gasteiger partial charge in [-0.3, -0.25) is 9.69 Å². The lowest BCUT2D eigenvalue weighted by molar-refractivity contribution is -0.122. The Morgan fingerprint density at radius 3 is 2.92 bits per heavy atom. The molecule has 1 aromatic carbocycles. The predicted molar refractivity (Wildman–Crippen MR) is 98.0 cm³/mol. The Hall–Kier alpha value is -1.92. The van der Waals surface area contributed by atoms with Gasteiger partial charge in [-0.25, -0.2) is 4.98 Å². The number of benzene rings is 1. The number of amides is 1. The van der Waals surface area contributed by atoms with E-state index in [1.54, 1.807) is 11.3 Å². The monoisotopic (exact) mass is 344 g/mol. The molecule has 0 unspecified atom stereocenters. The maximum absolute atomic E-state index is 11.6. The summed E-state index contributed by atoms with van der Waals surface area (Å²) in [5.74, 6) is -0.214. The molecule has 1 fully saturated rings. The average molecular weight is 344 g/mol. The van der Waals surface area contributed by atoms with Crippen LogP contribution < -0.4 is 11.1 Å². The first kappa shape index (κ1) is 16.9. The minimum atomic E-state index is -0.214. The van der Waals surface area contributed by atoms with Gasteiger partial charge < -0.3 is 11.1 Å². The van der Waals surface area contributed by atoms with Crippen LogP contribution in [0.15, 0.2) is 24.3 Å². The summed E-state index contributed by atoms with van der Waals surface area (Å²) in [7, 11) is 0. The van der Waals surface area contributed by atoms with Gasteiger partial charge >= 0.3 is 0 Å². The number of hydrogen-bond acceptors (Lipinski definition) is 5. The van der Waals surface area contributed by atoms with Gasteiger partial charge in [0.05, 0.1) is 23.3 Å². The van der Waals surface area contributed by atoms with Crippen molar-refractivity contribution in [3.05, 3.63) is 45.4 Å². The number of carbonyl (C=O) groups excluding carboxylic acids is 1. The van der Waals surface area contributed by atoms with Gasteiger partial charge in [0.2, 0.25) is 5.91 Å². The number of anilines is 1. The molecular formula is C18H24N4OS. The number of carbonyl (C=O) groups is 1. The Morgan fingerprint density at radius 2 is 2.21 bits per heavy atom. The number of likely N-dealkylation sites (tertiary alicyclic amines) is 1. The van der Waals surface area contributed by atoms with E-state index in [1.807, 2.05) is 26.0 Å². The Kier molecular flexibility index (Phi) is 5.16. The van der Waals surface area contributed by atoms with Crippen LogP contribution in [0, 0.1) is 13.8 Å². The van der Waals surface area contributed by atoms with E-state index in [2.05, 4.69) is 27.3 Å². The van der Waals surface area contributed by atoms with Crippen molar-refractivity contribution in [2.45, 2.75) is 45.8 Å². The summed E-state index contributed by atoms with van der Waals surface area (Å²) in [6, 6.07) is 8.14. The molecule has 1 atom stereocenters. The molecule has 24 heavy (non-hydrogen) atoms. The normalized spacial score (nSPS) is 18.0. The summed E-state index contributed by atoms with van der Waals surface area (Å²) in [5.41, 5.74) is 8.93. The van der Waals surface area contributed by atoms with E-state index >= 15 is 0 Å². The van der Waals surface area contributed by atoms with Crippen molar-refractivity contribution < 1.29 is 4.79 Å². The average Bonchev–Trinajstić information content (AvgIpc) is 3.13. The van der Waals surface area contributed by atoms with Gasteiger partial charge in [-0.05, 0) is 44.9 Å². The summed E-state index contributed by atoms with van der Waals surface area (Å²) in [6.45, 7) is 6.53. The predicted octanol–water partition coefficient (Wildman–Crippen LogP) is 2.82. The van der Waals surface area contributed by atoms with Crippen molar-refractivity contribution in [3.63, 3.8) is 0 Å². The Morgan fingerprint density at radius 1 is 1.42 bits per heavy atom. The molecule has 1 aromatic heterocycles. The number of primary amides is 1. The summed E-state index contributed by atoms with van der Waals surface area (Å²) < 4.78 is 0. The summed E-state index contributed by atoms with van der Waals surface area (Å²) in [4.78, 5) is 19.5. The first-order chi connectivity index (χ1) is 11.5. The maximum atomic E-state index is 11.6. The maximum Gasteiger partial charge on any atom is 0.234 e. The lowest BCUT2D eigenvalue weighted by Gasteiger charge is -2.23. The number of aryl methyl sites for hydroxylation is 2. The van der Waals surface area contributed by atoms with E-state index in [4.69, 9.17) is 5.73 Å². The van der Waals surface area contributed by atoms with Crippen LogP contribution in [0.3, 0.4) is 0 Å². The Bertz CT molecular complexity index is 728. The molecular weight excluding hydrogens is 320 g/mol. The highest BCUT2D eigenvalue weighted by molar-refractivity contribution is 7.11. The van der Waals surface area contributed by atoms with E-state index in [-0.39, 0.29) is 11.9 Å². The number of nitrogens with two attached hydrogens (primary N) is 1. The van der Waals surface area contributed by atoms with Crippen LogP contribution in [-0.4, -0.2) is 28.4 Å². The molecule has 2 heterocycles. The first-order valence-electron chi connectivity index (χ1n) is 8.32. The van der Waals surface area contributed by atoms with E-state index in [1.165, 1.54) is 10.4 Å². The molecule has 1 saturated heterocycles. The molecule has 1 aliphatic heterocycles. The third kappa shape index (κ3) is 3.76. The quantitative estimate of drug-likeness (QED) is 0.845. The highest BCUT2D eigenvalue weighted by atomic mass is 32.1. The van der Waals surface area contributed by atoms with Crippen molar-refractivity contribution in [2.24, 2.45) is 5.73 Å². The minimum Gasteiger partial charge on any atom is -0.380 e. The molecule has 3 N–H and O–H groups in total. The number of nitrogens with zero attached hydrogens (tertiary/aromatic N) is 2. The molecule has 0 bridgehead atoms. The Labute approximate surface area is 146 Å². The van der Waals surface area contributed by atoms with Crippen LogP contribution in [0.2, 0.25) is 0 Å². The zero-order chi connectivity index (χ0) is 17.1. The largest absolute Gasteiger partial charge is 0.380 e. The van der Waals surface area contributed by atoms with Gasteiger partial charge in [0.25, 0.3) is 0 Å². The van der Waals surface area contributed by atoms with Crippen molar-refractivity contribution >= 4 is 22.9 Å². The highest BCUT2D eigenvalue weighted by Crippen LogP contribution is 2.25. The molecule has 1 amide bonds. The van der Waals surface area contributed by atoms with Gasteiger partial charge in [-0.1, -0.05) is 18.2 Å². The molecule has 0 radical (unpaired) electrons. The SMILES string of the molecule is Cc1nc(C)c(CNc2ccccc2CN2CCC[C@@H]2C(N)=O)s1. The van der Waals surface area contributed by atoms with E-state index in [0.29, 0.717) is 0 Å². The van der Waals surface area contributed by atoms with Crippen LogP contribution in [0.25, 0.3) is 0 Å². The number of nitrogens with one attached hydrogen (secondary N) is 1. The second-order valence-electron chi connectivity index (χ2n) is 6.28. The third-order valence-corrected chi connectivity index (χ3v) is 5.59. The molecule has 3 rings (SSSR count). The second-order valence-corrected chi connectivity index (χ2v) is 7.57. The van der Waals surface area contributed by atoms with Gasteiger partial charge in [0, 0.05) is 17.1 Å². The Balaban J connectivity index is 1.71. The van der Waals surface area contributed by atoms with Gasteiger partial charge in [0.15, 0.2) is 0 Å². The molecule has 2 aromatic rings. The third-order valence-electron chi connectivity index (χ3n) is 4.52. The fourth-order valence-corrected chi connectivity index (χ4v) is 4.18. The zero-order valence-corrected chi connectivity index (χ0v) is 15.0. The summed E-state index contributed by atoms with van der Waals surface area (Å²) in [5, 5.41) is 4.63. The van der Waals surface area contributed by atoms with Crippen molar-refractivity contribution in [3.8, 4) is 0 Å². The second kappa shape index (κ2) is 7.32. The number of rotatable bonds is 6. The fourth-order valence-electron chi connectivity index (χ4n) is 3.30. The van der Waals surface area contributed by atoms with Crippen LogP contribution in [0.1, 0.15) is 34.0 Å². The van der Waals surface area contributed by atoms with Crippen molar-refractivity contribution in [2.75, 3.05) is 11.9 Å². The number of para-hydroxylation sites is 1. The lowest BCUT2D eigenvalue weighted by Crippen LogP contribution is -2.39. The standard InChI is InChI=1S/C18H24N4OS/c1-12-17(24-13(2)21-12)10-20-15-7-4-3-6-14(15)11-22-9-5-8-16(22)18(19)23/h3-4,6-7,16,20H,5,8-11H2,1-2H3,(H2,19,23)/t16-/m1/s1. The van der Waals surface area contributed by atoms with Crippen molar-refractivity contribution in [1.29, 1.82) is 0 Å². The smallest absolute Gasteiger partial charge is 0.234 e. The molecule has 6 heteroatoms. The highest BCUT2D eigenvalue weighted by Gasteiger charge is 2.29. The number of thiazole rings is 1. The van der Waals surface area contributed by atoms with E-state index in [9.17, 15) is 4.79 Å². The molecule has 0 aliphatic carbocycles. The van der Waals surface area contributed by atoms with Crippen LogP contribution in [0.4, 0.5) is 5.69 Å². The van der Waals surface area contributed by atoms with Crippen LogP contribution >= 0.6 is 11.3 Å². The van der Waals surface area contributed by atoms with Gasteiger partial charge in [0.1, 0.15) is 0 Å². The number of hydrogen-bond donors (Lipinski definition) is 2. The van der Waals surface area contributed by atoms with Gasteiger partial charge in [-0.2, -0.15) is 0 Å². The van der Waals surface area contributed by atoms with E-state index in [0.717, 1.165) is 48.9 Å². The minimum absolute atomic E-state index is 0.135. The fraction of sp³-hybridized carbons (Fsp3) is 0.444. The molecule has 5 nitrogen and oxygen atoms in total. The molecule has 1 aliphatic rings. The van der Waals surface area contributed by atoms with Crippen LogP contribution in [-0.2, 0) is 17.9 Å². The number of aromatic nitrogens is 1. The van der Waals surface area contributed by atoms with Crippen LogP contribution in [0.5, 0.6) is 0 Å². The first-order valence-corrected chi connectivity index (χ1v) is 9.14. The van der Waals surface area contributed by atoms with Gasteiger partial charge in [-0.15, -0.1) is 11.3 Å². The topological polar surface area (TPSA) is 71.2 Å². The lowest BCUT2D eigenvalue weighted by atomic mass is 10.1. The molecule has 0 saturated carbocycles. The van der Waals surface area contributed by atoms with E-state index < -0.39 is 0 Å². The zero-order valence-electron chi connectivity index (χ0n) is 14.2. The summed E-state index contributed by atoms with van der Waals surface area (Å²) in [6.07, 6.45) is 1.90. The molecule has 128 valence electrons.